The monoisotopic (exact) mass is 272 g/mol. The number of rotatable bonds is 4. The van der Waals surface area contributed by atoms with Gasteiger partial charge in [-0.1, -0.05) is 12.1 Å². The molecule has 1 aliphatic heterocycles. The fraction of sp³-hybridized carbons (Fsp3) is 0.750. The standard InChI is InChI=1S/C12H20N2O3S/c1-4-8-18(15,16)14-7-5-6-11(14)12-9(2)13-17-10(12)3/h11H,4-8H2,1-3H3. The van der Waals surface area contributed by atoms with Gasteiger partial charge in [-0.15, -0.1) is 0 Å². The first kappa shape index (κ1) is 13.5. The summed E-state index contributed by atoms with van der Waals surface area (Å²) in [5, 5.41) is 3.93. The topological polar surface area (TPSA) is 63.4 Å². The van der Waals surface area contributed by atoms with Gasteiger partial charge in [0.15, 0.2) is 0 Å². The SMILES string of the molecule is CCCS(=O)(=O)N1CCCC1c1c(C)noc1C. The lowest BCUT2D eigenvalue weighted by atomic mass is 10.0. The molecule has 5 nitrogen and oxygen atoms in total. The summed E-state index contributed by atoms with van der Waals surface area (Å²) in [5.74, 6) is 0.948. The fourth-order valence-electron chi connectivity index (χ4n) is 2.70. The lowest BCUT2D eigenvalue weighted by molar-refractivity contribution is 0.376. The first-order chi connectivity index (χ1) is 8.47. The zero-order valence-electron chi connectivity index (χ0n) is 11.1. The van der Waals surface area contributed by atoms with Crippen molar-refractivity contribution in [2.45, 2.75) is 46.1 Å². The van der Waals surface area contributed by atoms with Crippen LogP contribution in [0.2, 0.25) is 0 Å². The second kappa shape index (κ2) is 5.01. The Morgan fingerprint density at radius 2 is 2.17 bits per heavy atom. The molecule has 0 N–H and O–H groups in total. The van der Waals surface area contributed by atoms with Crippen LogP contribution in [0.4, 0.5) is 0 Å². The first-order valence-corrected chi connectivity index (χ1v) is 8.00. The minimum Gasteiger partial charge on any atom is -0.361 e. The predicted octanol–water partition coefficient (Wildman–Crippen LogP) is 2.17. The van der Waals surface area contributed by atoms with Crippen molar-refractivity contribution < 1.29 is 12.9 Å². The van der Waals surface area contributed by atoms with Crippen molar-refractivity contribution in [3.63, 3.8) is 0 Å². The largest absolute Gasteiger partial charge is 0.361 e. The summed E-state index contributed by atoms with van der Waals surface area (Å²) in [6.07, 6.45) is 2.40. The zero-order valence-corrected chi connectivity index (χ0v) is 12.0. The Labute approximate surface area is 108 Å². The summed E-state index contributed by atoms with van der Waals surface area (Å²) < 4.78 is 31.3. The molecule has 0 amide bonds. The Morgan fingerprint density at radius 3 is 2.72 bits per heavy atom. The van der Waals surface area contributed by atoms with Crippen LogP contribution in [0.25, 0.3) is 0 Å². The smallest absolute Gasteiger partial charge is 0.214 e. The van der Waals surface area contributed by atoms with E-state index in [1.54, 1.807) is 4.31 Å². The number of nitrogens with zero attached hydrogens (tertiary/aromatic N) is 2. The highest BCUT2D eigenvalue weighted by Crippen LogP contribution is 2.37. The van der Waals surface area contributed by atoms with Crippen molar-refractivity contribution >= 4 is 10.0 Å². The third kappa shape index (κ3) is 2.31. The van der Waals surface area contributed by atoms with Gasteiger partial charge in [0.25, 0.3) is 0 Å². The van der Waals surface area contributed by atoms with Crippen LogP contribution in [0.15, 0.2) is 4.52 Å². The molecule has 1 unspecified atom stereocenters. The number of hydrogen-bond acceptors (Lipinski definition) is 4. The van der Waals surface area contributed by atoms with E-state index in [4.69, 9.17) is 4.52 Å². The zero-order chi connectivity index (χ0) is 13.3. The molecular formula is C12H20N2O3S. The molecule has 102 valence electrons. The fourth-order valence-corrected chi connectivity index (χ4v) is 4.46. The normalized spacial score (nSPS) is 21.6. The molecule has 6 heteroatoms. The summed E-state index contributed by atoms with van der Waals surface area (Å²) in [7, 11) is -3.15. The van der Waals surface area contributed by atoms with E-state index in [1.807, 2.05) is 20.8 Å². The molecule has 1 aliphatic rings. The first-order valence-electron chi connectivity index (χ1n) is 6.39. The minimum atomic E-state index is -3.15. The lowest BCUT2D eigenvalue weighted by Crippen LogP contribution is -2.32. The van der Waals surface area contributed by atoms with Crippen LogP contribution in [0.1, 0.15) is 49.2 Å². The number of sulfonamides is 1. The number of aryl methyl sites for hydroxylation is 2. The van der Waals surface area contributed by atoms with Crippen molar-refractivity contribution in [2.24, 2.45) is 0 Å². The van der Waals surface area contributed by atoms with Crippen LogP contribution < -0.4 is 0 Å². The third-order valence-corrected chi connectivity index (χ3v) is 5.52. The van der Waals surface area contributed by atoms with Gasteiger partial charge >= 0.3 is 0 Å². The van der Waals surface area contributed by atoms with E-state index < -0.39 is 10.0 Å². The third-order valence-electron chi connectivity index (χ3n) is 3.44. The van der Waals surface area contributed by atoms with Crippen LogP contribution in [-0.4, -0.2) is 30.2 Å². The van der Waals surface area contributed by atoms with Gasteiger partial charge in [0.2, 0.25) is 10.0 Å². The van der Waals surface area contributed by atoms with Crippen LogP contribution in [0.3, 0.4) is 0 Å². The number of hydrogen-bond donors (Lipinski definition) is 0. The van der Waals surface area contributed by atoms with Crippen LogP contribution in [-0.2, 0) is 10.0 Å². The lowest BCUT2D eigenvalue weighted by Gasteiger charge is -2.23. The maximum atomic E-state index is 12.2. The highest BCUT2D eigenvalue weighted by Gasteiger charge is 2.37. The second-order valence-corrected chi connectivity index (χ2v) is 6.86. The Balaban J connectivity index is 2.34. The molecule has 2 rings (SSSR count). The van der Waals surface area contributed by atoms with Gasteiger partial charge < -0.3 is 4.52 Å². The van der Waals surface area contributed by atoms with E-state index in [9.17, 15) is 8.42 Å². The van der Waals surface area contributed by atoms with Gasteiger partial charge in [-0.05, 0) is 33.1 Å². The van der Waals surface area contributed by atoms with E-state index in [1.165, 1.54) is 0 Å². The highest BCUT2D eigenvalue weighted by molar-refractivity contribution is 7.89. The molecule has 1 atom stereocenters. The van der Waals surface area contributed by atoms with Crippen molar-refractivity contribution in [1.29, 1.82) is 0 Å². The molecule has 0 spiro atoms. The van der Waals surface area contributed by atoms with E-state index in [2.05, 4.69) is 5.16 Å². The summed E-state index contributed by atoms with van der Waals surface area (Å²) >= 11 is 0. The second-order valence-electron chi connectivity index (χ2n) is 4.82. The Bertz CT molecular complexity index is 502. The molecule has 0 aliphatic carbocycles. The van der Waals surface area contributed by atoms with Crippen molar-refractivity contribution in [3.8, 4) is 0 Å². The molecular weight excluding hydrogens is 252 g/mol. The van der Waals surface area contributed by atoms with Crippen molar-refractivity contribution in [2.75, 3.05) is 12.3 Å². The molecule has 0 aromatic carbocycles. The van der Waals surface area contributed by atoms with Gasteiger partial charge in [0, 0.05) is 12.1 Å². The minimum absolute atomic E-state index is 0.0900. The van der Waals surface area contributed by atoms with E-state index in [0.717, 1.165) is 29.9 Å². The Morgan fingerprint density at radius 1 is 1.44 bits per heavy atom. The average Bonchev–Trinajstić information content (AvgIpc) is 2.86. The Hall–Kier alpha value is -0.880. The van der Waals surface area contributed by atoms with Gasteiger partial charge in [0.05, 0.1) is 17.5 Å². The predicted molar refractivity (Wildman–Crippen MR) is 68.7 cm³/mol. The summed E-state index contributed by atoms with van der Waals surface area (Å²) in [5.41, 5.74) is 1.75. The molecule has 1 aromatic rings. The van der Waals surface area contributed by atoms with E-state index in [0.29, 0.717) is 13.0 Å². The Kier molecular flexibility index (Phi) is 3.77. The van der Waals surface area contributed by atoms with Gasteiger partial charge in [-0.2, -0.15) is 4.31 Å². The molecule has 0 bridgehead atoms. The average molecular weight is 272 g/mol. The maximum Gasteiger partial charge on any atom is 0.214 e. The summed E-state index contributed by atoms with van der Waals surface area (Å²) in [6.45, 7) is 6.21. The van der Waals surface area contributed by atoms with Crippen LogP contribution in [0.5, 0.6) is 0 Å². The maximum absolute atomic E-state index is 12.2. The quantitative estimate of drug-likeness (QED) is 0.842. The molecule has 0 saturated carbocycles. The van der Waals surface area contributed by atoms with Crippen LogP contribution >= 0.6 is 0 Å². The number of aromatic nitrogens is 1. The molecule has 2 heterocycles. The van der Waals surface area contributed by atoms with Crippen molar-refractivity contribution in [1.82, 2.24) is 9.46 Å². The molecule has 1 aromatic heterocycles. The van der Waals surface area contributed by atoms with Crippen LogP contribution in [0, 0.1) is 13.8 Å². The molecule has 0 radical (unpaired) electrons. The van der Waals surface area contributed by atoms with Crippen molar-refractivity contribution in [3.05, 3.63) is 17.0 Å². The van der Waals surface area contributed by atoms with E-state index in [-0.39, 0.29) is 11.8 Å². The van der Waals surface area contributed by atoms with Gasteiger partial charge in [-0.25, -0.2) is 8.42 Å². The van der Waals surface area contributed by atoms with E-state index >= 15 is 0 Å². The summed E-state index contributed by atoms with van der Waals surface area (Å²) in [6, 6.07) is -0.0900. The van der Waals surface area contributed by atoms with Gasteiger partial charge in [-0.3, -0.25) is 0 Å². The molecule has 1 saturated heterocycles. The highest BCUT2D eigenvalue weighted by atomic mass is 32.2. The summed E-state index contributed by atoms with van der Waals surface area (Å²) in [4.78, 5) is 0. The molecule has 18 heavy (non-hydrogen) atoms. The molecule has 1 fully saturated rings. The van der Waals surface area contributed by atoms with Gasteiger partial charge in [0.1, 0.15) is 5.76 Å².